The van der Waals surface area contributed by atoms with E-state index in [1.807, 2.05) is 6.07 Å². The summed E-state index contributed by atoms with van der Waals surface area (Å²) in [5.41, 5.74) is 0.535. The highest BCUT2D eigenvalue weighted by Crippen LogP contribution is 2.32. The standard InChI is InChI=1S/C19H15F3N2O2/c1-24(12-13-6-2-3-7-14(13)19(20,21)22)18(25)11-10-17-23-15-8-4-5-9-16(15)26-17/h2-11H,12H2,1H3/b11-10+. The number of oxazole rings is 1. The molecule has 0 aliphatic heterocycles. The summed E-state index contributed by atoms with van der Waals surface area (Å²) in [6.45, 7) is -0.160. The zero-order valence-electron chi connectivity index (χ0n) is 13.8. The summed E-state index contributed by atoms with van der Waals surface area (Å²) in [5, 5.41) is 0. The Morgan fingerprint density at radius 3 is 2.58 bits per heavy atom. The van der Waals surface area contributed by atoms with Crippen molar-refractivity contribution in [2.45, 2.75) is 12.7 Å². The van der Waals surface area contributed by atoms with Crippen LogP contribution in [0.1, 0.15) is 17.0 Å². The van der Waals surface area contributed by atoms with Crippen LogP contribution in [-0.2, 0) is 17.5 Å². The maximum Gasteiger partial charge on any atom is 0.416 e. The third-order valence-electron chi connectivity index (χ3n) is 3.79. The van der Waals surface area contributed by atoms with Gasteiger partial charge in [-0.05, 0) is 23.8 Å². The number of likely N-dealkylation sites (N-methyl/N-ethyl adjacent to an activating group) is 1. The smallest absolute Gasteiger partial charge is 0.416 e. The minimum Gasteiger partial charge on any atom is -0.437 e. The Hall–Kier alpha value is -3.09. The minimum atomic E-state index is -4.46. The van der Waals surface area contributed by atoms with Crippen LogP contribution in [0.15, 0.2) is 59.0 Å². The molecule has 4 nitrogen and oxygen atoms in total. The number of hydrogen-bond donors (Lipinski definition) is 0. The lowest BCUT2D eigenvalue weighted by atomic mass is 10.1. The van der Waals surface area contributed by atoms with Gasteiger partial charge in [0, 0.05) is 25.7 Å². The number of carbonyl (C=O) groups is 1. The van der Waals surface area contributed by atoms with Gasteiger partial charge in [0.1, 0.15) is 5.52 Å². The van der Waals surface area contributed by atoms with E-state index in [4.69, 9.17) is 4.42 Å². The molecule has 0 bridgehead atoms. The van der Waals surface area contributed by atoms with Crippen LogP contribution in [0.2, 0.25) is 0 Å². The fraction of sp³-hybridized carbons (Fsp3) is 0.158. The quantitative estimate of drug-likeness (QED) is 0.643. The molecule has 26 heavy (non-hydrogen) atoms. The van der Waals surface area contributed by atoms with Gasteiger partial charge >= 0.3 is 6.18 Å². The molecule has 1 heterocycles. The number of aromatic nitrogens is 1. The molecule has 7 heteroatoms. The topological polar surface area (TPSA) is 46.3 Å². The SMILES string of the molecule is CN(Cc1ccccc1C(F)(F)F)C(=O)/C=C/c1nc2ccccc2o1. The number of hydrogen-bond acceptors (Lipinski definition) is 3. The lowest BCUT2D eigenvalue weighted by Crippen LogP contribution is -2.25. The van der Waals surface area contributed by atoms with Crippen molar-refractivity contribution in [3.8, 4) is 0 Å². The number of alkyl halides is 3. The molecule has 0 spiro atoms. The summed E-state index contributed by atoms with van der Waals surface area (Å²) >= 11 is 0. The van der Waals surface area contributed by atoms with Gasteiger partial charge < -0.3 is 9.32 Å². The lowest BCUT2D eigenvalue weighted by Gasteiger charge is -2.18. The second-order valence-corrected chi connectivity index (χ2v) is 5.70. The highest BCUT2D eigenvalue weighted by Gasteiger charge is 2.33. The van der Waals surface area contributed by atoms with E-state index >= 15 is 0 Å². The van der Waals surface area contributed by atoms with E-state index in [0.717, 1.165) is 6.07 Å². The van der Waals surface area contributed by atoms with Gasteiger partial charge in [0.2, 0.25) is 11.8 Å². The van der Waals surface area contributed by atoms with Gasteiger partial charge in [0.05, 0.1) is 5.56 Å². The number of carbonyl (C=O) groups excluding carboxylic acids is 1. The molecule has 0 aliphatic carbocycles. The maximum absolute atomic E-state index is 13.0. The molecule has 3 aromatic rings. The molecular formula is C19H15F3N2O2. The normalized spacial score (nSPS) is 12.0. The summed E-state index contributed by atoms with van der Waals surface area (Å²) in [6, 6.07) is 12.3. The Balaban J connectivity index is 1.72. The molecule has 1 amide bonds. The van der Waals surface area contributed by atoms with Crippen molar-refractivity contribution in [2.75, 3.05) is 7.05 Å². The molecule has 1 aromatic heterocycles. The Morgan fingerprint density at radius 2 is 1.85 bits per heavy atom. The minimum absolute atomic E-state index is 0.0334. The third-order valence-corrected chi connectivity index (χ3v) is 3.79. The molecule has 0 atom stereocenters. The van der Waals surface area contributed by atoms with E-state index in [-0.39, 0.29) is 18.0 Å². The van der Waals surface area contributed by atoms with Gasteiger partial charge in [0.25, 0.3) is 0 Å². The zero-order valence-corrected chi connectivity index (χ0v) is 13.8. The van der Waals surface area contributed by atoms with Crippen molar-refractivity contribution in [3.05, 3.63) is 71.6 Å². The van der Waals surface area contributed by atoms with E-state index in [1.54, 1.807) is 18.2 Å². The van der Waals surface area contributed by atoms with Crippen molar-refractivity contribution >= 4 is 23.1 Å². The molecule has 2 aromatic carbocycles. The summed E-state index contributed by atoms with van der Waals surface area (Å²) < 4.78 is 44.6. The van der Waals surface area contributed by atoms with Crippen LogP contribution in [0.25, 0.3) is 17.2 Å². The highest BCUT2D eigenvalue weighted by atomic mass is 19.4. The summed E-state index contributed by atoms with van der Waals surface area (Å²) in [4.78, 5) is 17.6. The number of benzene rings is 2. The van der Waals surface area contributed by atoms with E-state index in [9.17, 15) is 18.0 Å². The molecule has 0 aliphatic rings. The fourth-order valence-electron chi connectivity index (χ4n) is 2.50. The van der Waals surface area contributed by atoms with Gasteiger partial charge in [0.15, 0.2) is 5.58 Å². The molecule has 0 N–H and O–H groups in total. The predicted molar refractivity (Wildman–Crippen MR) is 91.0 cm³/mol. The Kier molecular flexibility index (Phi) is 4.79. The van der Waals surface area contributed by atoms with Gasteiger partial charge in [-0.3, -0.25) is 4.79 Å². The summed E-state index contributed by atoms with van der Waals surface area (Å²) in [5.74, 6) is -0.201. The van der Waals surface area contributed by atoms with Crippen molar-refractivity contribution in [2.24, 2.45) is 0 Å². The number of para-hydroxylation sites is 2. The van der Waals surface area contributed by atoms with E-state index < -0.39 is 17.6 Å². The number of fused-ring (bicyclic) bond motifs is 1. The average Bonchev–Trinajstić information content (AvgIpc) is 3.02. The number of amides is 1. The van der Waals surface area contributed by atoms with E-state index in [0.29, 0.717) is 11.1 Å². The van der Waals surface area contributed by atoms with Crippen LogP contribution in [-0.4, -0.2) is 22.8 Å². The molecular weight excluding hydrogens is 345 g/mol. The highest BCUT2D eigenvalue weighted by molar-refractivity contribution is 5.91. The molecule has 0 radical (unpaired) electrons. The second kappa shape index (κ2) is 7.03. The van der Waals surface area contributed by atoms with Crippen LogP contribution < -0.4 is 0 Å². The van der Waals surface area contributed by atoms with Crippen LogP contribution in [0.4, 0.5) is 13.2 Å². The first kappa shape index (κ1) is 17.7. The van der Waals surface area contributed by atoms with Crippen LogP contribution in [0.5, 0.6) is 0 Å². The predicted octanol–water partition coefficient (Wildman–Crippen LogP) is 4.52. The van der Waals surface area contributed by atoms with Crippen molar-refractivity contribution in [1.29, 1.82) is 0 Å². The van der Waals surface area contributed by atoms with Gasteiger partial charge in [-0.1, -0.05) is 30.3 Å². The Bertz CT molecular complexity index is 928. The maximum atomic E-state index is 13.0. The molecule has 0 saturated carbocycles. The van der Waals surface area contributed by atoms with Crippen LogP contribution in [0.3, 0.4) is 0 Å². The molecule has 0 unspecified atom stereocenters. The first-order chi connectivity index (χ1) is 12.3. The average molecular weight is 360 g/mol. The molecule has 3 rings (SSSR count). The van der Waals surface area contributed by atoms with Gasteiger partial charge in [-0.25, -0.2) is 4.98 Å². The first-order valence-electron chi connectivity index (χ1n) is 7.78. The van der Waals surface area contributed by atoms with Crippen molar-refractivity contribution < 1.29 is 22.4 Å². The summed E-state index contributed by atoms with van der Waals surface area (Å²) in [6.07, 6.45) is -1.84. The monoisotopic (exact) mass is 360 g/mol. The number of rotatable bonds is 4. The van der Waals surface area contributed by atoms with Crippen LogP contribution in [0, 0.1) is 0 Å². The Labute approximate surface area is 147 Å². The van der Waals surface area contributed by atoms with Crippen molar-refractivity contribution in [1.82, 2.24) is 9.88 Å². The number of nitrogens with zero attached hydrogens (tertiary/aromatic N) is 2. The van der Waals surface area contributed by atoms with Gasteiger partial charge in [-0.15, -0.1) is 0 Å². The third kappa shape index (κ3) is 3.93. The fourth-order valence-corrected chi connectivity index (χ4v) is 2.50. The molecule has 134 valence electrons. The Morgan fingerprint density at radius 1 is 1.15 bits per heavy atom. The molecule has 0 saturated heterocycles. The second-order valence-electron chi connectivity index (χ2n) is 5.70. The zero-order chi connectivity index (χ0) is 18.7. The van der Waals surface area contributed by atoms with E-state index in [2.05, 4.69) is 4.98 Å². The van der Waals surface area contributed by atoms with E-state index in [1.165, 1.54) is 42.3 Å². The van der Waals surface area contributed by atoms with Crippen LogP contribution >= 0.6 is 0 Å². The van der Waals surface area contributed by atoms with Crippen molar-refractivity contribution in [3.63, 3.8) is 0 Å². The summed E-state index contributed by atoms with van der Waals surface area (Å²) in [7, 11) is 1.44. The lowest BCUT2D eigenvalue weighted by molar-refractivity contribution is -0.139. The first-order valence-corrected chi connectivity index (χ1v) is 7.78. The van der Waals surface area contributed by atoms with Gasteiger partial charge in [-0.2, -0.15) is 13.2 Å². The largest absolute Gasteiger partial charge is 0.437 e. The number of halogens is 3. The molecule has 0 fully saturated rings.